The molecule has 1 aromatic carbocycles. The molecule has 1 amide bonds. The number of carbonyl (C=O) groups is 1. The molecule has 5 heteroatoms. The van der Waals surface area contributed by atoms with Gasteiger partial charge in [-0.15, -0.1) is 0 Å². The third-order valence-corrected chi connectivity index (χ3v) is 4.46. The molecule has 19 heavy (non-hydrogen) atoms. The Labute approximate surface area is 125 Å². The first kappa shape index (κ1) is 14.5. The van der Waals surface area contributed by atoms with Gasteiger partial charge in [0.05, 0.1) is 10.2 Å². The predicted molar refractivity (Wildman–Crippen MR) is 83.3 cm³/mol. The predicted octanol–water partition coefficient (Wildman–Crippen LogP) is 4.10. The molecule has 0 bridgehead atoms. The number of aryl methyl sites for hydroxylation is 1. The summed E-state index contributed by atoms with van der Waals surface area (Å²) in [7, 11) is 0. The topological polar surface area (TPSA) is 34.4 Å². The molecule has 0 atom stereocenters. The van der Waals surface area contributed by atoms with E-state index in [4.69, 9.17) is 0 Å². The van der Waals surface area contributed by atoms with E-state index in [1.807, 2.05) is 6.07 Å². The largest absolute Gasteiger partial charge is 0.317 e. The number of fused-ring (bicyclic) bond motifs is 1. The number of carbonyl (C=O) groups excluding carboxylic acids is 1. The van der Waals surface area contributed by atoms with Crippen molar-refractivity contribution in [3.05, 3.63) is 27.5 Å². The number of unbranched alkanes of at least 4 members (excludes halogenated alkanes) is 1. The van der Waals surface area contributed by atoms with E-state index in [9.17, 15) is 4.79 Å². The Kier molecular flexibility index (Phi) is 4.93. The van der Waals surface area contributed by atoms with Crippen LogP contribution in [0.15, 0.2) is 27.7 Å². The van der Waals surface area contributed by atoms with Crippen molar-refractivity contribution >= 4 is 43.4 Å². The smallest absolute Gasteiger partial charge is 0.248 e. The number of thiazole rings is 1. The van der Waals surface area contributed by atoms with Crippen LogP contribution in [0.3, 0.4) is 0 Å². The number of nitrogens with zero attached hydrogens (tertiary/aromatic N) is 2. The molecule has 102 valence electrons. The van der Waals surface area contributed by atoms with Gasteiger partial charge in [-0.2, -0.15) is 4.99 Å². The van der Waals surface area contributed by atoms with Crippen LogP contribution >= 0.6 is 27.3 Å². The third kappa shape index (κ3) is 3.34. The van der Waals surface area contributed by atoms with Crippen LogP contribution in [0, 0.1) is 0 Å². The molecule has 0 radical (unpaired) electrons. The van der Waals surface area contributed by atoms with E-state index >= 15 is 0 Å². The van der Waals surface area contributed by atoms with Crippen LogP contribution in [-0.4, -0.2) is 10.5 Å². The number of hydrogen-bond acceptors (Lipinski definition) is 2. The monoisotopic (exact) mass is 340 g/mol. The van der Waals surface area contributed by atoms with E-state index in [1.54, 1.807) is 11.3 Å². The normalized spacial score (nSPS) is 12.3. The molecule has 0 saturated heterocycles. The van der Waals surface area contributed by atoms with Crippen molar-refractivity contribution in [1.29, 1.82) is 0 Å². The van der Waals surface area contributed by atoms with Gasteiger partial charge in [0.1, 0.15) is 0 Å². The minimum atomic E-state index is -0.0188. The Morgan fingerprint density at radius 1 is 1.42 bits per heavy atom. The van der Waals surface area contributed by atoms with E-state index in [0.717, 1.165) is 38.9 Å². The van der Waals surface area contributed by atoms with Crippen molar-refractivity contribution in [1.82, 2.24) is 4.57 Å². The zero-order valence-electron chi connectivity index (χ0n) is 11.1. The lowest BCUT2D eigenvalue weighted by Crippen LogP contribution is -2.15. The molecule has 0 unspecified atom stereocenters. The maximum Gasteiger partial charge on any atom is 0.248 e. The van der Waals surface area contributed by atoms with Crippen LogP contribution in [0.4, 0.5) is 0 Å². The van der Waals surface area contributed by atoms with Crippen molar-refractivity contribution in [2.75, 3.05) is 0 Å². The summed E-state index contributed by atoms with van der Waals surface area (Å²) in [5, 5.41) is 0. The summed E-state index contributed by atoms with van der Waals surface area (Å²) >= 11 is 5.04. The lowest BCUT2D eigenvalue weighted by Gasteiger charge is -2.00. The third-order valence-electron chi connectivity index (χ3n) is 2.93. The molecule has 0 aliphatic rings. The lowest BCUT2D eigenvalue weighted by molar-refractivity contribution is -0.118. The molecule has 0 saturated carbocycles. The summed E-state index contributed by atoms with van der Waals surface area (Å²) in [6.07, 6.45) is 2.47. The van der Waals surface area contributed by atoms with Gasteiger partial charge >= 0.3 is 0 Å². The average Bonchev–Trinajstić information content (AvgIpc) is 2.72. The van der Waals surface area contributed by atoms with Gasteiger partial charge in [0.15, 0.2) is 4.80 Å². The zero-order valence-corrected chi connectivity index (χ0v) is 13.6. The van der Waals surface area contributed by atoms with Gasteiger partial charge in [0, 0.05) is 17.4 Å². The van der Waals surface area contributed by atoms with Gasteiger partial charge in [0.2, 0.25) is 5.91 Å². The van der Waals surface area contributed by atoms with Gasteiger partial charge < -0.3 is 4.57 Å². The first-order valence-corrected chi connectivity index (χ1v) is 8.13. The number of benzene rings is 1. The van der Waals surface area contributed by atoms with Gasteiger partial charge in [-0.1, -0.05) is 40.6 Å². The average molecular weight is 341 g/mol. The van der Waals surface area contributed by atoms with Gasteiger partial charge in [-0.3, -0.25) is 4.79 Å². The fraction of sp³-hybridized carbons (Fsp3) is 0.429. The fourth-order valence-corrected chi connectivity index (χ4v) is 3.59. The minimum Gasteiger partial charge on any atom is -0.317 e. The van der Waals surface area contributed by atoms with Crippen molar-refractivity contribution in [2.24, 2.45) is 4.99 Å². The molecule has 2 rings (SSSR count). The summed E-state index contributed by atoms with van der Waals surface area (Å²) in [6, 6.07) is 6.15. The Morgan fingerprint density at radius 3 is 2.89 bits per heavy atom. The molecular formula is C14H17BrN2OS. The Hall–Kier alpha value is -0.940. The highest BCUT2D eigenvalue weighted by Gasteiger charge is 2.06. The summed E-state index contributed by atoms with van der Waals surface area (Å²) in [5.74, 6) is -0.0188. The van der Waals surface area contributed by atoms with Crippen LogP contribution < -0.4 is 4.80 Å². The van der Waals surface area contributed by atoms with E-state index in [2.05, 4.69) is 51.5 Å². The van der Waals surface area contributed by atoms with Crippen molar-refractivity contribution in [2.45, 2.75) is 39.7 Å². The highest BCUT2D eigenvalue weighted by atomic mass is 79.9. The number of rotatable bonds is 4. The number of aromatic nitrogens is 1. The Morgan fingerprint density at radius 2 is 2.21 bits per heavy atom. The molecule has 0 N–H and O–H groups in total. The molecular weight excluding hydrogens is 324 g/mol. The maximum absolute atomic E-state index is 11.8. The second-order valence-corrected chi connectivity index (χ2v) is 6.27. The van der Waals surface area contributed by atoms with E-state index in [0.29, 0.717) is 6.42 Å². The number of hydrogen-bond donors (Lipinski definition) is 0. The van der Waals surface area contributed by atoms with E-state index < -0.39 is 0 Å². The van der Waals surface area contributed by atoms with Crippen molar-refractivity contribution in [3.8, 4) is 0 Å². The van der Waals surface area contributed by atoms with Gasteiger partial charge in [-0.05, 0) is 31.5 Å². The standard InChI is InChI=1S/C14H17BrN2OS/c1-3-5-6-13(18)16-14-17(4-2)11-8-7-10(15)9-12(11)19-14/h7-9H,3-6H2,1-2H3. The van der Waals surface area contributed by atoms with E-state index in [1.165, 1.54) is 0 Å². The van der Waals surface area contributed by atoms with Crippen LogP contribution in [0.25, 0.3) is 10.2 Å². The second kappa shape index (κ2) is 6.48. The molecule has 0 aliphatic heterocycles. The molecule has 0 fully saturated rings. The van der Waals surface area contributed by atoms with Crippen LogP contribution in [0.1, 0.15) is 33.1 Å². The lowest BCUT2D eigenvalue weighted by atomic mass is 10.2. The highest BCUT2D eigenvalue weighted by molar-refractivity contribution is 9.10. The summed E-state index contributed by atoms with van der Waals surface area (Å²) in [4.78, 5) is 16.9. The van der Waals surface area contributed by atoms with Crippen molar-refractivity contribution in [3.63, 3.8) is 0 Å². The number of halogens is 1. The highest BCUT2D eigenvalue weighted by Crippen LogP contribution is 2.22. The SMILES string of the molecule is CCCCC(=O)N=c1sc2cc(Br)ccc2n1CC. The van der Waals surface area contributed by atoms with E-state index in [-0.39, 0.29) is 5.91 Å². The minimum absolute atomic E-state index is 0.0188. The summed E-state index contributed by atoms with van der Waals surface area (Å²) < 4.78 is 4.29. The molecule has 0 aliphatic carbocycles. The summed E-state index contributed by atoms with van der Waals surface area (Å²) in [5.41, 5.74) is 1.14. The zero-order chi connectivity index (χ0) is 13.8. The first-order chi connectivity index (χ1) is 9.15. The molecule has 1 heterocycles. The molecule has 3 nitrogen and oxygen atoms in total. The van der Waals surface area contributed by atoms with Crippen LogP contribution in [0.2, 0.25) is 0 Å². The summed E-state index contributed by atoms with van der Waals surface area (Å²) in [6.45, 7) is 4.97. The molecule has 2 aromatic rings. The molecule has 0 spiro atoms. The number of amides is 1. The second-order valence-electron chi connectivity index (χ2n) is 4.35. The van der Waals surface area contributed by atoms with Crippen LogP contribution in [-0.2, 0) is 11.3 Å². The Bertz CT molecular complexity index is 657. The van der Waals surface area contributed by atoms with Crippen LogP contribution in [0.5, 0.6) is 0 Å². The van der Waals surface area contributed by atoms with Gasteiger partial charge in [0.25, 0.3) is 0 Å². The fourth-order valence-electron chi connectivity index (χ4n) is 1.93. The first-order valence-electron chi connectivity index (χ1n) is 6.52. The Balaban J connectivity index is 2.47. The maximum atomic E-state index is 11.8. The molecule has 1 aromatic heterocycles. The quantitative estimate of drug-likeness (QED) is 0.824. The van der Waals surface area contributed by atoms with Gasteiger partial charge in [-0.25, -0.2) is 0 Å². The van der Waals surface area contributed by atoms with Crippen molar-refractivity contribution < 1.29 is 4.79 Å².